The summed E-state index contributed by atoms with van der Waals surface area (Å²) in [4.78, 5) is 2.06. The van der Waals surface area contributed by atoms with Gasteiger partial charge in [0.2, 0.25) is 0 Å². The predicted octanol–water partition coefficient (Wildman–Crippen LogP) is 1.96. The molecular weight excluding hydrogens is 340 g/mol. The van der Waals surface area contributed by atoms with Crippen molar-refractivity contribution in [3.05, 3.63) is 28.2 Å². The van der Waals surface area contributed by atoms with E-state index in [4.69, 9.17) is 5.73 Å². The van der Waals surface area contributed by atoms with Crippen LogP contribution in [-0.2, 0) is 16.3 Å². The van der Waals surface area contributed by atoms with Crippen molar-refractivity contribution in [2.24, 2.45) is 5.73 Å². The molecule has 1 fully saturated rings. The fourth-order valence-electron chi connectivity index (χ4n) is 2.56. The Balaban J connectivity index is 2.15. The molecule has 1 heterocycles. The maximum atomic E-state index is 11.6. The number of rotatable bonds is 4. The Morgan fingerprint density at radius 3 is 2.70 bits per heavy atom. The third-order valence-electron chi connectivity index (χ3n) is 3.74. The zero-order valence-corrected chi connectivity index (χ0v) is 14.2. The van der Waals surface area contributed by atoms with Gasteiger partial charge in [-0.15, -0.1) is 0 Å². The molecule has 2 unspecified atom stereocenters. The van der Waals surface area contributed by atoms with Crippen LogP contribution in [0.1, 0.15) is 18.9 Å². The number of anilines is 1. The highest BCUT2D eigenvalue weighted by Gasteiger charge is 2.30. The Morgan fingerprint density at radius 1 is 1.50 bits per heavy atom. The summed E-state index contributed by atoms with van der Waals surface area (Å²) in [5.74, 6) is 0.550. The molecule has 1 aromatic rings. The standard InChI is InChI=1S/C14H21BrN2O2S/c1-10(16)7-11-3-4-12(8-14(11)15)17(2)13-5-6-20(18,19)9-13/h3-4,8,10,13H,5-7,9,16H2,1-2H3. The van der Waals surface area contributed by atoms with Crippen LogP contribution < -0.4 is 10.6 Å². The summed E-state index contributed by atoms with van der Waals surface area (Å²) < 4.78 is 24.2. The summed E-state index contributed by atoms with van der Waals surface area (Å²) in [6.45, 7) is 1.98. The molecule has 0 bridgehead atoms. The topological polar surface area (TPSA) is 63.4 Å². The molecular formula is C14H21BrN2O2S. The lowest BCUT2D eigenvalue weighted by atomic mass is 10.1. The van der Waals surface area contributed by atoms with Crippen molar-refractivity contribution in [3.63, 3.8) is 0 Å². The van der Waals surface area contributed by atoms with E-state index in [9.17, 15) is 8.42 Å². The molecule has 2 N–H and O–H groups in total. The number of hydrogen-bond donors (Lipinski definition) is 1. The maximum Gasteiger partial charge on any atom is 0.152 e. The highest BCUT2D eigenvalue weighted by molar-refractivity contribution is 9.10. The molecule has 4 nitrogen and oxygen atoms in total. The molecule has 1 aromatic carbocycles. The lowest BCUT2D eigenvalue weighted by Gasteiger charge is -2.26. The molecule has 0 aromatic heterocycles. The Bertz CT molecular complexity index is 587. The first kappa shape index (κ1) is 15.8. The minimum absolute atomic E-state index is 0.0752. The molecule has 112 valence electrons. The van der Waals surface area contributed by atoms with Crippen molar-refractivity contribution in [3.8, 4) is 0 Å². The fraction of sp³-hybridized carbons (Fsp3) is 0.571. The SMILES string of the molecule is CC(N)Cc1ccc(N(C)C2CCS(=O)(=O)C2)cc1Br. The van der Waals surface area contributed by atoms with Crippen molar-refractivity contribution in [1.29, 1.82) is 0 Å². The van der Waals surface area contributed by atoms with Gasteiger partial charge in [0.25, 0.3) is 0 Å². The summed E-state index contributed by atoms with van der Waals surface area (Å²) in [7, 11) is -0.896. The van der Waals surface area contributed by atoms with E-state index in [1.54, 1.807) is 0 Å². The van der Waals surface area contributed by atoms with E-state index in [0.29, 0.717) is 12.2 Å². The Hall–Kier alpha value is -0.590. The van der Waals surface area contributed by atoms with Gasteiger partial charge in [0, 0.05) is 29.3 Å². The molecule has 0 radical (unpaired) electrons. The lowest BCUT2D eigenvalue weighted by Crippen LogP contribution is -2.32. The minimum atomic E-state index is -2.85. The molecule has 6 heteroatoms. The second-order valence-electron chi connectivity index (χ2n) is 5.62. The molecule has 2 atom stereocenters. The number of halogens is 1. The number of benzene rings is 1. The average Bonchev–Trinajstić information content (AvgIpc) is 2.71. The van der Waals surface area contributed by atoms with E-state index in [-0.39, 0.29) is 17.8 Å². The molecule has 1 aliphatic rings. The molecule has 0 saturated carbocycles. The third kappa shape index (κ3) is 3.74. The second kappa shape index (κ2) is 6.03. The average molecular weight is 361 g/mol. The van der Waals surface area contributed by atoms with E-state index < -0.39 is 9.84 Å². The van der Waals surface area contributed by atoms with Gasteiger partial charge in [-0.05, 0) is 37.5 Å². The molecule has 1 saturated heterocycles. The van der Waals surface area contributed by atoms with Crippen LogP contribution in [-0.4, -0.2) is 39.1 Å². The van der Waals surface area contributed by atoms with Crippen LogP contribution in [0.4, 0.5) is 5.69 Å². The molecule has 1 aliphatic heterocycles. The predicted molar refractivity (Wildman–Crippen MR) is 87.0 cm³/mol. The van der Waals surface area contributed by atoms with Crippen LogP contribution in [0.2, 0.25) is 0 Å². The number of nitrogens with two attached hydrogens (primary N) is 1. The van der Waals surface area contributed by atoms with Crippen LogP contribution in [0.5, 0.6) is 0 Å². The fourth-order valence-corrected chi connectivity index (χ4v) is 4.86. The van der Waals surface area contributed by atoms with Crippen molar-refractivity contribution >= 4 is 31.5 Å². The highest BCUT2D eigenvalue weighted by atomic mass is 79.9. The minimum Gasteiger partial charge on any atom is -0.371 e. The summed E-state index contributed by atoms with van der Waals surface area (Å²) in [6.07, 6.45) is 1.53. The highest BCUT2D eigenvalue weighted by Crippen LogP contribution is 2.28. The van der Waals surface area contributed by atoms with E-state index in [0.717, 1.165) is 16.6 Å². The van der Waals surface area contributed by atoms with Crippen molar-refractivity contribution < 1.29 is 8.42 Å². The second-order valence-corrected chi connectivity index (χ2v) is 8.71. The number of nitrogens with zero attached hydrogens (tertiary/aromatic N) is 1. The van der Waals surface area contributed by atoms with Gasteiger partial charge in [-0.3, -0.25) is 0 Å². The van der Waals surface area contributed by atoms with Crippen LogP contribution in [0.15, 0.2) is 22.7 Å². The van der Waals surface area contributed by atoms with Crippen molar-refractivity contribution in [1.82, 2.24) is 0 Å². The van der Waals surface area contributed by atoms with Gasteiger partial charge in [0.05, 0.1) is 11.5 Å². The molecule has 0 spiro atoms. The summed E-state index contributed by atoms with van der Waals surface area (Å²) >= 11 is 3.57. The van der Waals surface area contributed by atoms with Gasteiger partial charge < -0.3 is 10.6 Å². The molecule has 20 heavy (non-hydrogen) atoms. The van der Waals surface area contributed by atoms with E-state index in [1.165, 1.54) is 5.56 Å². The van der Waals surface area contributed by atoms with Gasteiger partial charge in [0.15, 0.2) is 9.84 Å². The van der Waals surface area contributed by atoms with Crippen LogP contribution in [0.25, 0.3) is 0 Å². The lowest BCUT2D eigenvalue weighted by molar-refractivity contribution is 0.601. The summed E-state index contributed by atoms with van der Waals surface area (Å²) in [6, 6.07) is 6.33. The molecule has 0 amide bonds. The zero-order valence-electron chi connectivity index (χ0n) is 11.8. The number of hydrogen-bond acceptors (Lipinski definition) is 4. The van der Waals surface area contributed by atoms with Gasteiger partial charge in [0.1, 0.15) is 0 Å². The molecule has 2 rings (SSSR count). The van der Waals surface area contributed by atoms with Crippen molar-refractivity contribution in [2.75, 3.05) is 23.5 Å². The Morgan fingerprint density at radius 2 is 2.20 bits per heavy atom. The first-order chi connectivity index (χ1) is 9.28. The van der Waals surface area contributed by atoms with Crippen molar-refractivity contribution in [2.45, 2.75) is 31.8 Å². The van der Waals surface area contributed by atoms with Crippen LogP contribution in [0.3, 0.4) is 0 Å². The molecule has 0 aliphatic carbocycles. The van der Waals surface area contributed by atoms with E-state index >= 15 is 0 Å². The van der Waals surface area contributed by atoms with Gasteiger partial charge in [-0.2, -0.15) is 0 Å². The monoisotopic (exact) mass is 360 g/mol. The van der Waals surface area contributed by atoms with Crippen LogP contribution in [0, 0.1) is 0 Å². The normalized spacial score (nSPS) is 22.7. The number of sulfone groups is 1. The van der Waals surface area contributed by atoms with E-state index in [2.05, 4.69) is 26.9 Å². The van der Waals surface area contributed by atoms with Gasteiger partial charge in [-0.25, -0.2) is 8.42 Å². The smallest absolute Gasteiger partial charge is 0.152 e. The quantitative estimate of drug-likeness (QED) is 0.891. The largest absolute Gasteiger partial charge is 0.371 e. The van der Waals surface area contributed by atoms with Crippen LogP contribution >= 0.6 is 15.9 Å². The Labute approximate surface area is 129 Å². The van der Waals surface area contributed by atoms with Gasteiger partial charge in [-0.1, -0.05) is 22.0 Å². The Kier molecular flexibility index (Phi) is 4.76. The maximum absolute atomic E-state index is 11.6. The third-order valence-corrected chi connectivity index (χ3v) is 6.23. The zero-order chi connectivity index (χ0) is 14.9. The van der Waals surface area contributed by atoms with Gasteiger partial charge >= 0.3 is 0 Å². The first-order valence-corrected chi connectivity index (χ1v) is 9.37. The summed E-state index contributed by atoms with van der Waals surface area (Å²) in [5, 5.41) is 0. The first-order valence-electron chi connectivity index (χ1n) is 6.76. The van der Waals surface area contributed by atoms with E-state index in [1.807, 2.05) is 26.1 Å². The summed E-state index contributed by atoms with van der Waals surface area (Å²) in [5.41, 5.74) is 8.03.